The number of nitriles is 1. The molecular formula is C22H16N4O3. The number of aromatic carboxylic acids is 1. The first-order valence-electron chi connectivity index (χ1n) is 8.76. The van der Waals surface area contributed by atoms with Crippen LogP contribution in [-0.4, -0.2) is 32.7 Å². The maximum atomic E-state index is 11.3. The van der Waals surface area contributed by atoms with Crippen LogP contribution in [-0.2, 0) is 0 Å². The van der Waals surface area contributed by atoms with E-state index < -0.39 is 5.97 Å². The number of carboxylic acid groups (broad SMARTS) is 1. The fraction of sp³-hybridized carbons (Fsp3) is 0.0455. The van der Waals surface area contributed by atoms with Gasteiger partial charge in [-0.2, -0.15) is 5.26 Å². The first-order valence-corrected chi connectivity index (χ1v) is 8.76. The van der Waals surface area contributed by atoms with E-state index in [9.17, 15) is 15.2 Å². The van der Waals surface area contributed by atoms with Gasteiger partial charge in [-0.15, -0.1) is 0 Å². The molecule has 0 aliphatic rings. The van der Waals surface area contributed by atoms with Crippen molar-refractivity contribution in [2.24, 2.45) is 0 Å². The largest absolute Gasteiger partial charge is 0.497 e. The summed E-state index contributed by atoms with van der Waals surface area (Å²) < 4.78 is 7.04. The van der Waals surface area contributed by atoms with Crippen molar-refractivity contribution in [1.29, 1.82) is 5.26 Å². The third-order valence-corrected chi connectivity index (χ3v) is 4.51. The van der Waals surface area contributed by atoms with E-state index in [-0.39, 0.29) is 5.56 Å². The van der Waals surface area contributed by atoms with Gasteiger partial charge in [-0.05, 0) is 48.5 Å². The lowest BCUT2D eigenvalue weighted by Crippen LogP contribution is -2.00. The molecule has 0 radical (unpaired) electrons. The number of carboxylic acids is 1. The molecule has 0 spiro atoms. The SMILES string of the molecule is COc1ccc2nc(/C(C#N)=C\c3cccn3-c3cccc(C(=O)O)c3)[nH]c2c1. The maximum absolute atomic E-state index is 11.3. The summed E-state index contributed by atoms with van der Waals surface area (Å²) in [4.78, 5) is 18.9. The minimum absolute atomic E-state index is 0.192. The van der Waals surface area contributed by atoms with Gasteiger partial charge in [0.15, 0.2) is 0 Å². The van der Waals surface area contributed by atoms with Crippen molar-refractivity contribution in [2.75, 3.05) is 7.11 Å². The van der Waals surface area contributed by atoms with Crippen LogP contribution in [0.5, 0.6) is 5.75 Å². The molecule has 0 fully saturated rings. The number of rotatable bonds is 5. The van der Waals surface area contributed by atoms with Crippen LogP contribution >= 0.6 is 0 Å². The summed E-state index contributed by atoms with van der Waals surface area (Å²) in [7, 11) is 1.59. The van der Waals surface area contributed by atoms with E-state index in [1.54, 1.807) is 25.3 Å². The average Bonchev–Trinajstić information content (AvgIpc) is 3.38. The topological polar surface area (TPSA) is 104 Å². The minimum atomic E-state index is -0.994. The highest BCUT2D eigenvalue weighted by atomic mass is 16.5. The number of methoxy groups -OCH3 is 1. The van der Waals surface area contributed by atoms with Crippen LogP contribution in [0.25, 0.3) is 28.4 Å². The Bertz CT molecular complexity index is 1290. The van der Waals surface area contributed by atoms with Gasteiger partial charge in [0.2, 0.25) is 0 Å². The Morgan fingerprint density at radius 3 is 2.86 bits per heavy atom. The number of H-pyrrole nitrogens is 1. The fourth-order valence-electron chi connectivity index (χ4n) is 3.08. The number of aromatic nitrogens is 3. The second-order valence-corrected chi connectivity index (χ2v) is 6.30. The molecule has 0 atom stereocenters. The summed E-state index contributed by atoms with van der Waals surface area (Å²) in [5, 5.41) is 18.9. The third-order valence-electron chi connectivity index (χ3n) is 4.51. The number of hydrogen-bond acceptors (Lipinski definition) is 4. The Labute approximate surface area is 166 Å². The lowest BCUT2D eigenvalue weighted by Gasteiger charge is -2.08. The smallest absolute Gasteiger partial charge is 0.335 e. The lowest BCUT2D eigenvalue weighted by atomic mass is 10.2. The Morgan fingerprint density at radius 2 is 2.10 bits per heavy atom. The van der Waals surface area contributed by atoms with Gasteiger partial charge in [0.1, 0.15) is 17.6 Å². The number of imidazole rings is 1. The van der Waals surface area contributed by atoms with Crippen LogP contribution in [0.2, 0.25) is 0 Å². The van der Waals surface area contributed by atoms with E-state index in [1.165, 1.54) is 6.07 Å². The van der Waals surface area contributed by atoms with Gasteiger partial charge in [-0.1, -0.05) is 6.07 Å². The van der Waals surface area contributed by atoms with Gasteiger partial charge in [0, 0.05) is 23.6 Å². The Kier molecular flexibility index (Phi) is 4.59. The molecule has 2 N–H and O–H groups in total. The normalized spacial score (nSPS) is 11.4. The summed E-state index contributed by atoms with van der Waals surface area (Å²) in [6, 6.07) is 17.9. The molecule has 7 nitrogen and oxygen atoms in total. The summed E-state index contributed by atoms with van der Waals surface area (Å²) in [6.45, 7) is 0. The Balaban J connectivity index is 1.76. The van der Waals surface area contributed by atoms with E-state index in [0.29, 0.717) is 22.8 Å². The molecule has 0 bridgehead atoms. The monoisotopic (exact) mass is 384 g/mol. The van der Waals surface area contributed by atoms with Gasteiger partial charge in [0.25, 0.3) is 0 Å². The molecule has 0 aliphatic carbocycles. The Hall–Kier alpha value is -4.31. The van der Waals surface area contributed by atoms with Crippen LogP contribution < -0.4 is 4.74 Å². The minimum Gasteiger partial charge on any atom is -0.497 e. The third kappa shape index (κ3) is 3.47. The summed E-state index contributed by atoms with van der Waals surface area (Å²) in [5.74, 6) is 0.150. The average molecular weight is 384 g/mol. The molecule has 0 saturated heterocycles. The molecule has 0 aliphatic heterocycles. The van der Waals surface area contributed by atoms with Crippen molar-refractivity contribution in [2.45, 2.75) is 0 Å². The number of nitrogens with zero attached hydrogens (tertiary/aromatic N) is 3. The van der Waals surface area contributed by atoms with Gasteiger partial charge in [-0.25, -0.2) is 9.78 Å². The van der Waals surface area contributed by atoms with Gasteiger partial charge in [-0.3, -0.25) is 0 Å². The van der Waals surface area contributed by atoms with E-state index >= 15 is 0 Å². The first-order chi connectivity index (χ1) is 14.1. The molecule has 2 aromatic heterocycles. The molecule has 2 aromatic carbocycles. The number of allylic oxidation sites excluding steroid dienone is 1. The molecule has 142 valence electrons. The van der Waals surface area contributed by atoms with Crippen LogP contribution in [0.4, 0.5) is 0 Å². The Morgan fingerprint density at radius 1 is 1.24 bits per heavy atom. The number of nitrogens with one attached hydrogen (secondary N) is 1. The summed E-state index contributed by atoms with van der Waals surface area (Å²) >= 11 is 0. The van der Waals surface area contributed by atoms with Gasteiger partial charge < -0.3 is 19.4 Å². The molecule has 0 unspecified atom stereocenters. The van der Waals surface area contributed by atoms with E-state index in [1.807, 2.05) is 47.2 Å². The second kappa shape index (κ2) is 7.37. The van der Waals surface area contributed by atoms with Crippen molar-refractivity contribution in [1.82, 2.24) is 14.5 Å². The zero-order valence-corrected chi connectivity index (χ0v) is 15.5. The van der Waals surface area contributed by atoms with Crippen LogP contribution in [0.15, 0.2) is 60.8 Å². The van der Waals surface area contributed by atoms with E-state index in [2.05, 4.69) is 16.0 Å². The summed E-state index contributed by atoms with van der Waals surface area (Å²) in [5.41, 5.74) is 3.46. The maximum Gasteiger partial charge on any atom is 0.335 e. The fourth-order valence-corrected chi connectivity index (χ4v) is 3.08. The highest BCUT2D eigenvalue weighted by molar-refractivity contribution is 5.91. The first kappa shape index (κ1) is 18.1. The number of hydrogen-bond donors (Lipinski definition) is 2. The predicted octanol–water partition coefficient (Wildman–Crippen LogP) is 4.12. The number of fused-ring (bicyclic) bond motifs is 1. The molecule has 0 amide bonds. The number of ether oxygens (including phenoxy) is 1. The molecule has 4 rings (SSSR count). The van der Waals surface area contributed by atoms with Crippen molar-refractivity contribution in [3.8, 4) is 17.5 Å². The van der Waals surface area contributed by atoms with E-state index in [4.69, 9.17) is 4.74 Å². The zero-order valence-electron chi connectivity index (χ0n) is 15.5. The number of aromatic amines is 1. The van der Waals surface area contributed by atoms with Crippen molar-refractivity contribution < 1.29 is 14.6 Å². The quantitative estimate of drug-likeness (QED) is 0.504. The van der Waals surface area contributed by atoms with Crippen LogP contribution in [0.1, 0.15) is 21.9 Å². The second-order valence-electron chi connectivity index (χ2n) is 6.30. The standard InChI is InChI=1S/C22H16N4O3/c1-29-18-7-8-19-20(12-18)25-21(24-19)15(13-23)11-17-6-3-9-26(17)16-5-2-4-14(10-16)22(27)28/h2-12H,1H3,(H,24,25)(H,27,28)/b15-11-. The molecule has 2 heterocycles. The van der Waals surface area contributed by atoms with Crippen molar-refractivity contribution in [3.05, 3.63) is 77.9 Å². The van der Waals surface area contributed by atoms with Crippen molar-refractivity contribution >= 4 is 28.7 Å². The van der Waals surface area contributed by atoms with Gasteiger partial charge >= 0.3 is 5.97 Å². The molecular weight excluding hydrogens is 368 g/mol. The molecule has 29 heavy (non-hydrogen) atoms. The van der Waals surface area contributed by atoms with Crippen LogP contribution in [0, 0.1) is 11.3 Å². The molecule has 4 aromatic rings. The lowest BCUT2D eigenvalue weighted by molar-refractivity contribution is 0.0697. The molecule has 7 heteroatoms. The van der Waals surface area contributed by atoms with Crippen LogP contribution in [0.3, 0.4) is 0 Å². The highest BCUT2D eigenvalue weighted by Gasteiger charge is 2.11. The van der Waals surface area contributed by atoms with Crippen molar-refractivity contribution in [3.63, 3.8) is 0 Å². The predicted molar refractivity (Wildman–Crippen MR) is 109 cm³/mol. The van der Waals surface area contributed by atoms with Gasteiger partial charge in [0.05, 0.1) is 29.3 Å². The zero-order chi connectivity index (χ0) is 20.4. The number of carbonyl (C=O) groups is 1. The summed E-state index contributed by atoms with van der Waals surface area (Å²) in [6.07, 6.45) is 3.52. The highest BCUT2D eigenvalue weighted by Crippen LogP contribution is 2.24. The number of benzene rings is 2. The molecule has 0 saturated carbocycles. The van der Waals surface area contributed by atoms with E-state index in [0.717, 1.165) is 16.7 Å².